The Labute approximate surface area is 228 Å². The molecule has 0 saturated carbocycles. The number of hydrogen-bond acceptors (Lipinski definition) is 2. The van der Waals surface area contributed by atoms with E-state index in [1.807, 2.05) is 0 Å². The topological polar surface area (TPSA) is 38.0 Å². The molecule has 6 aromatic carbocycles. The zero-order valence-electron chi connectivity index (χ0n) is 21.8. The molecule has 186 valence electrons. The highest BCUT2D eigenvalue weighted by molar-refractivity contribution is 5.89. The molecule has 0 amide bonds. The van der Waals surface area contributed by atoms with Gasteiger partial charge in [0.15, 0.2) is 0 Å². The van der Waals surface area contributed by atoms with Gasteiger partial charge in [-0.3, -0.25) is 0 Å². The van der Waals surface area contributed by atoms with E-state index in [-0.39, 0.29) is 0 Å². The largest absolute Gasteiger partial charge is 0.314 e. The van der Waals surface area contributed by atoms with Gasteiger partial charge in [0.2, 0.25) is 0 Å². The molecule has 0 aliphatic heterocycles. The van der Waals surface area contributed by atoms with Gasteiger partial charge < -0.3 is 11.1 Å². The second-order valence-electron chi connectivity index (χ2n) is 10.8. The second-order valence-corrected chi connectivity index (χ2v) is 10.8. The van der Waals surface area contributed by atoms with Crippen molar-refractivity contribution in [3.8, 4) is 22.3 Å². The van der Waals surface area contributed by atoms with Gasteiger partial charge in [-0.2, -0.15) is 0 Å². The molecule has 0 spiro atoms. The standard InChI is InChI=1S/C37H28N2/c1-39-37(34-16-8-4-12-30(34)31-13-5-9-17-35(31)37)27-21-19-24-22-26(20-18-25(24)23-27)36(38)32-14-6-2-10-28(32)29-11-3-7-15-33(29)36/h2-23,39H,38H2,1H3. The molecule has 0 heterocycles. The van der Waals surface area contributed by atoms with Crippen LogP contribution in [0.4, 0.5) is 0 Å². The van der Waals surface area contributed by atoms with Crippen LogP contribution in [0, 0.1) is 0 Å². The van der Waals surface area contributed by atoms with Crippen LogP contribution in [0.1, 0.15) is 33.4 Å². The highest BCUT2D eigenvalue weighted by Crippen LogP contribution is 2.52. The Kier molecular flexibility index (Phi) is 4.61. The highest BCUT2D eigenvalue weighted by atomic mass is 15.0. The van der Waals surface area contributed by atoms with Crippen LogP contribution in [0.15, 0.2) is 133 Å². The molecule has 8 rings (SSSR count). The van der Waals surface area contributed by atoms with Gasteiger partial charge in [0.25, 0.3) is 0 Å². The highest BCUT2D eigenvalue weighted by Gasteiger charge is 2.44. The molecule has 0 unspecified atom stereocenters. The Morgan fingerprint density at radius 1 is 0.462 bits per heavy atom. The third-order valence-corrected chi connectivity index (χ3v) is 9.05. The van der Waals surface area contributed by atoms with Crippen molar-refractivity contribution in [1.29, 1.82) is 0 Å². The lowest BCUT2D eigenvalue weighted by Crippen LogP contribution is -2.40. The molecule has 0 atom stereocenters. The molecule has 0 aromatic heterocycles. The summed E-state index contributed by atoms with van der Waals surface area (Å²) in [5.74, 6) is 0. The van der Waals surface area contributed by atoms with Crippen molar-refractivity contribution in [3.63, 3.8) is 0 Å². The summed E-state index contributed by atoms with van der Waals surface area (Å²) >= 11 is 0. The van der Waals surface area contributed by atoms with E-state index in [1.165, 1.54) is 49.7 Å². The smallest absolute Gasteiger partial charge is 0.0957 e. The SMILES string of the molecule is CNC1(c2ccc3cc(C4(N)c5ccccc5-c5ccccc54)ccc3c2)c2ccccc2-c2ccccc21. The van der Waals surface area contributed by atoms with Gasteiger partial charge in [-0.05, 0) is 85.6 Å². The van der Waals surface area contributed by atoms with E-state index in [4.69, 9.17) is 5.73 Å². The van der Waals surface area contributed by atoms with Crippen LogP contribution in [0.5, 0.6) is 0 Å². The van der Waals surface area contributed by atoms with Gasteiger partial charge in [-0.15, -0.1) is 0 Å². The minimum Gasteiger partial charge on any atom is -0.314 e. The Hall–Kier alpha value is -4.50. The van der Waals surface area contributed by atoms with Crippen molar-refractivity contribution in [2.45, 2.75) is 11.1 Å². The number of hydrogen-bond donors (Lipinski definition) is 2. The van der Waals surface area contributed by atoms with Crippen LogP contribution in [0.3, 0.4) is 0 Å². The van der Waals surface area contributed by atoms with E-state index in [0.29, 0.717) is 0 Å². The summed E-state index contributed by atoms with van der Waals surface area (Å²) < 4.78 is 0. The van der Waals surface area contributed by atoms with Gasteiger partial charge in [-0.25, -0.2) is 0 Å². The van der Waals surface area contributed by atoms with Crippen LogP contribution >= 0.6 is 0 Å². The van der Waals surface area contributed by atoms with Crippen molar-refractivity contribution >= 4 is 10.8 Å². The summed E-state index contributed by atoms with van der Waals surface area (Å²) in [5.41, 5.74) is 18.6. The third kappa shape index (κ3) is 2.82. The zero-order valence-corrected chi connectivity index (χ0v) is 21.8. The van der Waals surface area contributed by atoms with Crippen molar-refractivity contribution < 1.29 is 0 Å². The normalized spacial score (nSPS) is 15.4. The maximum atomic E-state index is 7.36. The fourth-order valence-corrected chi connectivity index (χ4v) is 7.26. The lowest BCUT2D eigenvalue weighted by molar-refractivity contribution is 0.539. The van der Waals surface area contributed by atoms with Crippen LogP contribution in [-0.4, -0.2) is 7.05 Å². The van der Waals surface area contributed by atoms with Gasteiger partial charge >= 0.3 is 0 Å². The quantitative estimate of drug-likeness (QED) is 0.263. The lowest BCUT2D eigenvalue weighted by atomic mass is 9.79. The van der Waals surface area contributed by atoms with E-state index in [1.54, 1.807) is 0 Å². The molecular formula is C37H28N2. The van der Waals surface area contributed by atoms with E-state index < -0.39 is 11.1 Å². The molecule has 3 N–H and O–H groups in total. The first-order valence-corrected chi connectivity index (χ1v) is 13.6. The molecule has 0 bridgehead atoms. The van der Waals surface area contributed by atoms with Gasteiger partial charge in [-0.1, -0.05) is 121 Å². The minimum absolute atomic E-state index is 0.404. The molecule has 0 fully saturated rings. The first kappa shape index (κ1) is 22.5. The summed E-state index contributed by atoms with van der Waals surface area (Å²) in [6.45, 7) is 0. The number of nitrogens with two attached hydrogens (primary N) is 1. The van der Waals surface area contributed by atoms with Crippen LogP contribution in [0.25, 0.3) is 33.0 Å². The molecule has 2 heteroatoms. The summed E-state index contributed by atoms with van der Waals surface area (Å²) in [7, 11) is 2.07. The van der Waals surface area contributed by atoms with Crippen molar-refractivity contribution in [3.05, 3.63) is 167 Å². The van der Waals surface area contributed by atoms with E-state index >= 15 is 0 Å². The lowest BCUT2D eigenvalue weighted by Gasteiger charge is -2.33. The Morgan fingerprint density at radius 3 is 1.33 bits per heavy atom. The van der Waals surface area contributed by atoms with Gasteiger partial charge in [0.05, 0.1) is 11.1 Å². The number of fused-ring (bicyclic) bond motifs is 7. The predicted molar refractivity (Wildman–Crippen MR) is 161 cm³/mol. The minimum atomic E-state index is -0.685. The maximum absolute atomic E-state index is 7.36. The molecule has 2 aliphatic rings. The van der Waals surface area contributed by atoms with Crippen LogP contribution in [0.2, 0.25) is 0 Å². The molecule has 39 heavy (non-hydrogen) atoms. The van der Waals surface area contributed by atoms with Crippen molar-refractivity contribution in [2.24, 2.45) is 5.73 Å². The third-order valence-electron chi connectivity index (χ3n) is 9.05. The summed E-state index contributed by atoms with van der Waals surface area (Å²) in [5, 5.41) is 6.13. The molecule has 2 nitrogen and oxygen atoms in total. The van der Waals surface area contributed by atoms with E-state index in [0.717, 1.165) is 16.7 Å². The van der Waals surface area contributed by atoms with Crippen LogP contribution < -0.4 is 11.1 Å². The molecule has 2 aliphatic carbocycles. The average Bonchev–Trinajstić information content (AvgIpc) is 3.45. The zero-order chi connectivity index (χ0) is 26.2. The average molecular weight is 501 g/mol. The molecule has 6 aromatic rings. The van der Waals surface area contributed by atoms with E-state index in [9.17, 15) is 0 Å². The molecular weight excluding hydrogens is 472 g/mol. The fourth-order valence-electron chi connectivity index (χ4n) is 7.26. The Morgan fingerprint density at radius 2 is 0.846 bits per heavy atom. The van der Waals surface area contributed by atoms with Crippen molar-refractivity contribution in [2.75, 3.05) is 7.05 Å². The fraction of sp³-hybridized carbons (Fsp3) is 0.0811. The predicted octanol–water partition coefficient (Wildman–Crippen LogP) is 7.56. The first-order chi connectivity index (χ1) is 19.2. The maximum Gasteiger partial charge on any atom is 0.0957 e. The summed E-state index contributed by atoms with van der Waals surface area (Å²) in [6, 6.07) is 48.2. The van der Waals surface area contributed by atoms with Crippen molar-refractivity contribution in [1.82, 2.24) is 5.32 Å². The molecule has 0 saturated heterocycles. The summed E-state index contributed by atoms with van der Waals surface area (Å²) in [4.78, 5) is 0. The van der Waals surface area contributed by atoms with Crippen LogP contribution in [-0.2, 0) is 11.1 Å². The first-order valence-electron chi connectivity index (χ1n) is 13.6. The number of benzene rings is 6. The monoisotopic (exact) mass is 500 g/mol. The Bertz CT molecular complexity index is 1840. The van der Waals surface area contributed by atoms with Gasteiger partial charge in [0.1, 0.15) is 0 Å². The number of rotatable bonds is 3. The molecule has 0 radical (unpaired) electrons. The summed E-state index contributed by atoms with van der Waals surface area (Å²) in [6.07, 6.45) is 0. The number of nitrogens with one attached hydrogen (secondary N) is 1. The second kappa shape index (κ2) is 8.00. The van der Waals surface area contributed by atoms with E-state index in [2.05, 4.69) is 146 Å². The van der Waals surface area contributed by atoms with Gasteiger partial charge in [0, 0.05) is 0 Å². The Balaban J connectivity index is 1.31.